The van der Waals surface area contributed by atoms with Crippen molar-refractivity contribution in [3.05, 3.63) is 76.2 Å². The molecule has 0 aliphatic heterocycles. The number of nitrogens with zero attached hydrogens (tertiary/aromatic N) is 3. The summed E-state index contributed by atoms with van der Waals surface area (Å²) in [5.41, 5.74) is 2.54. The van der Waals surface area contributed by atoms with Crippen molar-refractivity contribution in [2.24, 2.45) is 0 Å². The minimum atomic E-state index is -0.175. The normalized spacial score (nSPS) is 18.1. The zero-order chi connectivity index (χ0) is 23.5. The molecule has 1 saturated carbocycles. The Morgan fingerprint density at radius 1 is 1.06 bits per heavy atom. The highest BCUT2D eigenvalue weighted by Crippen LogP contribution is 2.34. The molecule has 1 aliphatic carbocycles. The Balaban J connectivity index is 1.12. The van der Waals surface area contributed by atoms with Gasteiger partial charge in [-0.2, -0.15) is 0 Å². The molecule has 0 spiro atoms. The first-order chi connectivity index (χ1) is 16.6. The number of para-hydroxylation sites is 1. The second kappa shape index (κ2) is 9.59. The Bertz CT molecular complexity index is 1370. The van der Waals surface area contributed by atoms with Crippen LogP contribution in [-0.4, -0.2) is 32.1 Å². The van der Waals surface area contributed by atoms with Crippen molar-refractivity contribution in [2.75, 3.05) is 0 Å². The lowest BCUT2D eigenvalue weighted by Gasteiger charge is -2.27. The molecule has 0 radical (unpaired) electrons. The molecule has 34 heavy (non-hydrogen) atoms. The summed E-state index contributed by atoms with van der Waals surface area (Å²) in [4.78, 5) is 31.9. The van der Waals surface area contributed by atoms with Crippen molar-refractivity contribution in [2.45, 2.75) is 57.4 Å². The van der Waals surface area contributed by atoms with Crippen LogP contribution in [0.5, 0.6) is 0 Å². The molecule has 0 bridgehead atoms. The lowest BCUT2D eigenvalue weighted by Crippen LogP contribution is -2.37. The number of rotatable bonds is 6. The van der Waals surface area contributed by atoms with Gasteiger partial charge in [0.25, 0.3) is 5.56 Å². The zero-order valence-corrected chi connectivity index (χ0v) is 19.1. The molecule has 4 aromatic rings. The molecule has 5 rings (SSSR count). The van der Waals surface area contributed by atoms with Gasteiger partial charge in [-0.1, -0.05) is 30.3 Å². The second-order valence-electron chi connectivity index (χ2n) is 8.91. The molecular weight excluding hydrogens is 430 g/mol. The molecule has 0 saturated heterocycles. The minimum absolute atomic E-state index is 0.0288. The van der Waals surface area contributed by atoms with Crippen LogP contribution < -0.4 is 10.9 Å². The predicted molar refractivity (Wildman–Crippen MR) is 128 cm³/mol. The molecule has 1 fully saturated rings. The number of hydrogen-bond acceptors (Lipinski definition) is 6. The van der Waals surface area contributed by atoms with Crippen LogP contribution in [0.4, 0.5) is 0 Å². The van der Waals surface area contributed by atoms with Crippen molar-refractivity contribution < 1.29 is 9.21 Å². The summed E-state index contributed by atoms with van der Waals surface area (Å²) in [7, 11) is 0. The largest absolute Gasteiger partial charge is 0.420 e. The molecule has 8 nitrogen and oxygen atoms in total. The number of benzene rings is 2. The summed E-state index contributed by atoms with van der Waals surface area (Å²) in [6, 6.07) is 15.3. The van der Waals surface area contributed by atoms with Gasteiger partial charge in [0.15, 0.2) is 0 Å². The van der Waals surface area contributed by atoms with Crippen molar-refractivity contribution in [1.29, 1.82) is 0 Å². The zero-order valence-electron chi connectivity index (χ0n) is 19.1. The Morgan fingerprint density at radius 2 is 1.82 bits per heavy atom. The first-order valence-corrected chi connectivity index (χ1v) is 11.7. The van der Waals surface area contributed by atoms with Crippen molar-refractivity contribution >= 4 is 16.8 Å². The number of carbonyl (C=O) groups excluding carboxylic acids is 1. The van der Waals surface area contributed by atoms with Gasteiger partial charge in [0.1, 0.15) is 5.82 Å². The molecule has 0 unspecified atom stereocenters. The highest BCUT2D eigenvalue weighted by Gasteiger charge is 2.27. The topological polar surface area (TPSA) is 114 Å². The average molecular weight is 458 g/mol. The van der Waals surface area contributed by atoms with E-state index < -0.39 is 0 Å². The predicted octanol–water partition coefficient (Wildman–Crippen LogP) is 4.06. The Morgan fingerprint density at radius 3 is 2.65 bits per heavy atom. The summed E-state index contributed by atoms with van der Waals surface area (Å²) in [6.07, 6.45) is 4.18. The highest BCUT2D eigenvalue weighted by atomic mass is 16.4. The molecule has 0 atom stereocenters. The maximum atomic E-state index is 12.5. The monoisotopic (exact) mass is 457 g/mol. The van der Waals surface area contributed by atoms with Gasteiger partial charge in [0.2, 0.25) is 17.7 Å². The van der Waals surface area contributed by atoms with Crippen LogP contribution in [0.15, 0.2) is 57.7 Å². The van der Waals surface area contributed by atoms with Gasteiger partial charge in [-0.15, -0.1) is 10.2 Å². The quantitative estimate of drug-likeness (QED) is 0.451. The maximum absolute atomic E-state index is 12.5. The molecule has 1 aliphatic rings. The Labute approximate surface area is 196 Å². The van der Waals surface area contributed by atoms with Crippen LogP contribution in [0, 0.1) is 6.92 Å². The maximum Gasteiger partial charge on any atom is 0.258 e. The number of hydrogen-bond donors (Lipinski definition) is 2. The lowest BCUT2D eigenvalue weighted by atomic mass is 9.86. The van der Waals surface area contributed by atoms with Crippen LogP contribution in [0.2, 0.25) is 0 Å². The van der Waals surface area contributed by atoms with Crippen LogP contribution in [-0.2, 0) is 11.2 Å². The number of amides is 1. The van der Waals surface area contributed by atoms with Gasteiger partial charge in [-0.05, 0) is 56.4 Å². The molecular formula is C26H27N5O3. The molecule has 1 amide bonds. The average Bonchev–Trinajstić information content (AvgIpc) is 3.34. The second-order valence-corrected chi connectivity index (χ2v) is 8.91. The number of nitrogens with one attached hydrogen (secondary N) is 2. The minimum Gasteiger partial charge on any atom is -0.420 e. The fourth-order valence-electron chi connectivity index (χ4n) is 4.59. The van der Waals surface area contributed by atoms with E-state index in [9.17, 15) is 9.59 Å². The van der Waals surface area contributed by atoms with Gasteiger partial charge >= 0.3 is 0 Å². The van der Waals surface area contributed by atoms with E-state index in [1.165, 1.54) is 0 Å². The number of aromatic amines is 1. The Hall–Kier alpha value is -3.81. The third-order valence-electron chi connectivity index (χ3n) is 6.51. The van der Waals surface area contributed by atoms with Gasteiger partial charge in [-0.3, -0.25) is 9.59 Å². The summed E-state index contributed by atoms with van der Waals surface area (Å²) in [5.74, 6) is 1.95. The first-order valence-electron chi connectivity index (χ1n) is 11.7. The van der Waals surface area contributed by atoms with Crippen LogP contribution in [0.1, 0.15) is 55.3 Å². The first kappa shape index (κ1) is 22.0. The molecule has 174 valence electrons. The van der Waals surface area contributed by atoms with E-state index in [1.807, 2.05) is 43.3 Å². The smallest absolute Gasteiger partial charge is 0.258 e. The Kier molecular flexibility index (Phi) is 6.20. The van der Waals surface area contributed by atoms with E-state index in [4.69, 9.17) is 4.42 Å². The molecule has 8 heteroatoms. The fourth-order valence-corrected chi connectivity index (χ4v) is 4.59. The number of aryl methyl sites for hydroxylation is 2. The highest BCUT2D eigenvalue weighted by molar-refractivity contribution is 5.78. The van der Waals surface area contributed by atoms with Crippen molar-refractivity contribution in [1.82, 2.24) is 25.5 Å². The SMILES string of the molecule is Cc1ccccc1-c1nnc(C2CCC(NC(=O)CCc3nc4ccccc4c(=O)[nH]3)CC2)o1. The van der Waals surface area contributed by atoms with Gasteiger partial charge in [-0.25, -0.2) is 4.98 Å². The van der Waals surface area contributed by atoms with Crippen LogP contribution in [0.25, 0.3) is 22.4 Å². The fraction of sp³-hybridized carbons (Fsp3) is 0.346. The van der Waals surface area contributed by atoms with Crippen molar-refractivity contribution in [3.63, 3.8) is 0 Å². The van der Waals surface area contributed by atoms with E-state index in [1.54, 1.807) is 12.1 Å². The number of aromatic nitrogens is 4. The summed E-state index contributed by atoms with van der Waals surface area (Å²) in [5, 5.41) is 12.2. The van der Waals surface area contributed by atoms with E-state index in [-0.39, 0.29) is 29.8 Å². The molecule has 2 heterocycles. The van der Waals surface area contributed by atoms with E-state index in [0.29, 0.717) is 34.9 Å². The van der Waals surface area contributed by atoms with Gasteiger partial charge < -0.3 is 14.7 Å². The summed E-state index contributed by atoms with van der Waals surface area (Å²) >= 11 is 0. The number of carbonyl (C=O) groups is 1. The molecule has 2 aromatic heterocycles. The standard InChI is InChI=1S/C26H27N5O3/c1-16-6-2-3-7-19(16)26-31-30-25(34-26)17-10-12-18(13-11-17)27-23(32)15-14-22-28-21-9-5-4-8-20(21)24(33)29-22/h2-9,17-18H,10-15H2,1H3,(H,27,32)(H,28,29,33). The van der Waals surface area contributed by atoms with Gasteiger partial charge in [0, 0.05) is 30.4 Å². The number of H-pyrrole nitrogens is 1. The van der Waals surface area contributed by atoms with Gasteiger partial charge in [0.05, 0.1) is 10.9 Å². The third kappa shape index (κ3) is 4.76. The summed E-state index contributed by atoms with van der Waals surface area (Å²) in [6.45, 7) is 2.03. The van der Waals surface area contributed by atoms with Crippen LogP contribution >= 0.6 is 0 Å². The van der Waals surface area contributed by atoms with E-state index >= 15 is 0 Å². The lowest BCUT2D eigenvalue weighted by molar-refractivity contribution is -0.122. The van der Waals surface area contributed by atoms with E-state index in [2.05, 4.69) is 25.5 Å². The van der Waals surface area contributed by atoms with Crippen molar-refractivity contribution in [3.8, 4) is 11.5 Å². The third-order valence-corrected chi connectivity index (χ3v) is 6.51. The van der Waals surface area contributed by atoms with E-state index in [0.717, 1.165) is 36.8 Å². The molecule has 2 aromatic carbocycles. The molecule has 2 N–H and O–H groups in total. The summed E-state index contributed by atoms with van der Waals surface area (Å²) < 4.78 is 5.99. The number of fused-ring (bicyclic) bond motifs is 1. The van der Waals surface area contributed by atoms with Crippen LogP contribution in [0.3, 0.4) is 0 Å².